The van der Waals surface area contributed by atoms with Crippen molar-refractivity contribution in [2.75, 3.05) is 6.54 Å². The first kappa shape index (κ1) is 17.7. The van der Waals surface area contributed by atoms with Gasteiger partial charge in [-0.2, -0.15) is 0 Å². The minimum atomic E-state index is -0.285. The lowest BCUT2D eigenvalue weighted by molar-refractivity contribution is 0.628. The average Bonchev–Trinajstić information content (AvgIpc) is 3.12. The van der Waals surface area contributed by atoms with Crippen molar-refractivity contribution in [2.45, 2.75) is 25.7 Å². The summed E-state index contributed by atoms with van der Waals surface area (Å²) in [4.78, 5) is 18.2. The molecule has 1 saturated heterocycles. The molecule has 0 bridgehead atoms. The molecule has 146 valence electrons. The summed E-state index contributed by atoms with van der Waals surface area (Å²) in [5.74, 6) is -0.285. The molecule has 0 atom stereocenters. The normalized spacial score (nSPS) is 16.6. The summed E-state index contributed by atoms with van der Waals surface area (Å²) >= 11 is 0. The van der Waals surface area contributed by atoms with Gasteiger partial charge in [-0.1, -0.05) is 24.6 Å². The second kappa shape index (κ2) is 7.20. The molecule has 0 unspecified atom stereocenters. The maximum absolute atomic E-state index is 13.4. The van der Waals surface area contributed by atoms with Gasteiger partial charge in [0.25, 0.3) is 5.56 Å². The third-order valence-electron chi connectivity index (χ3n) is 5.42. The van der Waals surface area contributed by atoms with Gasteiger partial charge in [-0.15, -0.1) is 0 Å². The predicted molar refractivity (Wildman–Crippen MR) is 111 cm³/mol. The van der Waals surface area contributed by atoms with E-state index in [0.717, 1.165) is 49.2 Å². The second-order valence-electron chi connectivity index (χ2n) is 7.34. The van der Waals surface area contributed by atoms with Crippen LogP contribution in [0.25, 0.3) is 28.3 Å². The molecule has 0 spiro atoms. The van der Waals surface area contributed by atoms with Gasteiger partial charge in [-0.05, 0) is 55.7 Å². The Bertz CT molecular complexity index is 1260. The lowest BCUT2D eigenvalue weighted by atomic mass is 10.1. The van der Waals surface area contributed by atoms with Crippen LogP contribution in [0.15, 0.2) is 65.6 Å². The van der Waals surface area contributed by atoms with Crippen molar-refractivity contribution in [3.63, 3.8) is 0 Å². The molecule has 1 aliphatic heterocycles. The van der Waals surface area contributed by atoms with E-state index < -0.39 is 0 Å². The van der Waals surface area contributed by atoms with Crippen LogP contribution in [0.1, 0.15) is 25.7 Å². The maximum atomic E-state index is 13.4. The molecule has 2 aromatic heterocycles. The summed E-state index contributed by atoms with van der Waals surface area (Å²) in [6, 6.07) is 15.8. The number of fused-ring (bicyclic) bond motifs is 1. The summed E-state index contributed by atoms with van der Waals surface area (Å²) in [6.07, 6.45) is 5.98. The molecule has 29 heavy (non-hydrogen) atoms. The van der Waals surface area contributed by atoms with Crippen molar-refractivity contribution in [1.82, 2.24) is 19.5 Å². The topological polar surface area (TPSA) is 51.3 Å². The number of hydrogen-bond acceptors (Lipinski definition) is 3. The maximum Gasteiger partial charge on any atom is 0.283 e. The van der Waals surface area contributed by atoms with Crippen molar-refractivity contribution in [2.24, 2.45) is 0 Å². The van der Waals surface area contributed by atoms with Gasteiger partial charge < -0.3 is 5.32 Å². The largest absolute Gasteiger partial charge is 0.388 e. The lowest BCUT2D eigenvalue weighted by Gasteiger charge is -2.04. The number of benzene rings is 2. The van der Waals surface area contributed by atoms with Gasteiger partial charge in [0.1, 0.15) is 11.0 Å². The van der Waals surface area contributed by atoms with E-state index in [0.29, 0.717) is 16.6 Å². The van der Waals surface area contributed by atoms with Gasteiger partial charge in [0.15, 0.2) is 5.65 Å². The molecule has 4 aromatic rings. The van der Waals surface area contributed by atoms with E-state index >= 15 is 0 Å². The molecular formula is C23H21FN4O. The molecule has 1 N–H and O–H groups in total. The molecule has 0 aliphatic carbocycles. The van der Waals surface area contributed by atoms with E-state index in [1.54, 1.807) is 16.8 Å². The molecule has 0 saturated carbocycles. The predicted octanol–water partition coefficient (Wildman–Crippen LogP) is 3.28. The van der Waals surface area contributed by atoms with Crippen LogP contribution in [0, 0.1) is 5.82 Å². The zero-order valence-corrected chi connectivity index (χ0v) is 15.9. The number of para-hydroxylation sites is 1. The summed E-state index contributed by atoms with van der Waals surface area (Å²) in [5.41, 5.74) is 3.82. The van der Waals surface area contributed by atoms with Crippen LogP contribution < -0.4 is 16.1 Å². The Labute approximate surface area is 167 Å². The first-order valence-electron chi connectivity index (χ1n) is 9.95. The van der Waals surface area contributed by atoms with Gasteiger partial charge in [-0.25, -0.2) is 18.6 Å². The van der Waals surface area contributed by atoms with E-state index in [1.807, 2.05) is 41.0 Å². The standard InChI is InChI=1S/C23H21FN4O/c24-17-12-10-16(11-13-17)20-15-27-22(26-20)21(19-9-5-2-6-14-25-19)23(29)28(27)18-7-3-1-4-8-18/h1,3-4,7-8,10-13,15,25H,2,5-6,9,14H2/b21-19+. The number of aromatic nitrogens is 3. The number of nitrogens with zero attached hydrogens (tertiary/aromatic N) is 3. The Kier molecular flexibility index (Phi) is 4.39. The summed E-state index contributed by atoms with van der Waals surface area (Å²) in [7, 11) is 0. The fourth-order valence-electron chi connectivity index (χ4n) is 3.97. The van der Waals surface area contributed by atoms with Gasteiger partial charge in [0.05, 0.1) is 17.6 Å². The fourth-order valence-corrected chi connectivity index (χ4v) is 3.97. The molecule has 1 fully saturated rings. The minimum Gasteiger partial charge on any atom is -0.388 e. The number of nitrogens with one attached hydrogen (secondary N) is 1. The Morgan fingerprint density at radius 3 is 2.55 bits per heavy atom. The molecule has 6 heteroatoms. The molecule has 0 amide bonds. The SMILES string of the molecule is O=c1/c(=C2\CCCCCN2)c2nc(-c3ccc(F)cc3)cn2n1-c1ccccc1. The highest BCUT2D eigenvalue weighted by atomic mass is 19.1. The van der Waals surface area contributed by atoms with Crippen LogP contribution in [0.4, 0.5) is 4.39 Å². The smallest absolute Gasteiger partial charge is 0.283 e. The Morgan fingerprint density at radius 2 is 1.76 bits per heavy atom. The van der Waals surface area contributed by atoms with Crippen molar-refractivity contribution in [3.05, 3.63) is 82.2 Å². The van der Waals surface area contributed by atoms with Crippen LogP contribution in [0.5, 0.6) is 0 Å². The third-order valence-corrected chi connectivity index (χ3v) is 5.42. The second-order valence-corrected chi connectivity index (χ2v) is 7.34. The van der Waals surface area contributed by atoms with Gasteiger partial charge in [0.2, 0.25) is 0 Å². The first-order chi connectivity index (χ1) is 14.2. The van der Waals surface area contributed by atoms with E-state index in [1.165, 1.54) is 12.1 Å². The van der Waals surface area contributed by atoms with Crippen molar-refractivity contribution in [3.8, 4) is 16.9 Å². The van der Waals surface area contributed by atoms with Crippen LogP contribution in [0.3, 0.4) is 0 Å². The highest BCUT2D eigenvalue weighted by Crippen LogP contribution is 2.20. The number of hydrogen-bond donors (Lipinski definition) is 1. The van der Waals surface area contributed by atoms with Crippen LogP contribution >= 0.6 is 0 Å². The molecule has 5 nitrogen and oxygen atoms in total. The monoisotopic (exact) mass is 388 g/mol. The van der Waals surface area contributed by atoms with E-state index in [2.05, 4.69) is 5.32 Å². The van der Waals surface area contributed by atoms with E-state index in [4.69, 9.17) is 4.98 Å². The third kappa shape index (κ3) is 3.10. The zero-order chi connectivity index (χ0) is 19.8. The van der Waals surface area contributed by atoms with Gasteiger partial charge in [0, 0.05) is 17.8 Å². The molecule has 0 radical (unpaired) electrons. The van der Waals surface area contributed by atoms with E-state index in [-0.39, 0.29) is 11.4 Å². The van der Waals surface area contributed by atoms with Crippen LogP contribution in [0.2, 0.25) is 0 Å². The van der Waals surface area contributed by atoms with Gasteiger partial charge >= 0.3 is 0 Å². The molecular weight excluding hydrogens is 367 g/mol. The number of rotatable bonds is 2. The highest BCUT2D eigenvalue weighted by molar-refractivity contribution is 5.65. The first-order valence-corrected chi connectivity index (χ1v) is 9.95. The Morgan fingerprint density at radius 1 is 0.966 bits per heavy atom. The Balaban J connectivity index is 1.82. The fraction of sp³-hybridized carbons (Fsp3) is 0.217. The Hall–Kier alpha value is -3.41. The van der Waals surface area contributed by atoms with Gasteiger partial charge in [-0.3, -0.25) is 4.79 Å². The van der Waals surface area contributed by atoms with Crippen molar-refractivity contribution < 1.29 is 4.39 Å². The minimum absolute atomic E-state index is 0.0752. The lowest BCUT2D eigenvalue weighted by Crippen LogP contribution is -2.33. The zero-order valence-electron chi connectivity index (χ0n) is 15.9. The average molecular weight is 388 g/mol. The van der Waals surface area contributed by atoms with Crippen molar-refractivity contribution >= 4 is 11.3 Å². The molecule has 5 rings (SSSR count). The number of imidazole rings is 1. The highest BCUT2D eigenvalue weighted by Gasteiger charge is 2.19. The summed E-state index contributed by atoms with van der Waals surface area (Å²) < 4.78 is 16.8. The summed E-state index contributed by atoms with van der Waals surface area (Å²) in [5, 5.41) is 4.08. The van der Waals surface area contributed by atoms with Crippen LogP contribution in [-0.4, -0.2) is 20.7 Å². The van der Waals surface area contributed by atoms with Crippen LogP contribution in [-0.2, 0) is 0 Å². The van der Waals surface area contributed by atoms with E-state index in [9.17, 15) is 9.18 Å². The number of halogens is 1. The van der Waals surface area contributed by atoms with Crippen molar-refractivity contribution in [1.29, 1.82) is 0 Å². The molecule has 2 aromatic carbocycles. The molecule has 3 heterocycles. The molecule has 1 aliphatic rings. The quantitative estimate of drug-likeness (QED) is 0.573. The summed E-state index contributed by atoms with van der Waals surface area (Å²) in [6.45, 7) is 0.864.